The molecule has 3 nitrogen and oxygen atoms in total. The third-order valence-electron chi connectivity index (χ3n) is 5.04. The Bertz CT molecular complexity index is 1020. The molecule has 0 aliphatic heterocycles. The summed E-state index contributed by atoms with van der Waals surface area (Å²) < 4.78 is 10.7. The normalized spacial score (nSPS) is 10.1. The van der Waals surface area contributed by atoms with Crippen LogP contribution in [0.25, 0.3) is 22.3 Å². The molecule has 1 N–H and O–H groups in total. The van der Waals surface area contributed by atoms with Gasteiger partial charge in [0.05, 0.1) is 20.8 Å². The van der Waals surface area contributed by atoms with E-state index in [1.807, 2.05) is 84.9 Å². The minimum absolute atomic E-state index is 0.0332. The third kappa shape index (κ3) is 5.91. The van der Waals surface area contributed by atoms with Crippen molar-refractivity contribution in [1.82, 2.24) is 0 Å². The van der Waals surface area contributed by atoms with Gasteiger partial charge in [-0.3, -0.25) is 0 Å². The fourth-order valence-corrected chi connectivity index (χ4v) is 3.53. The van der Waals surface area contributed by atoms with E-state index in [2.05, 4.69) is 12.1 Å². The molecule has 4 aromatic rings. The van der Waals surface area contributed by atoms with Crippen LogP contribution in [0.5, 0.6) is 11.5 Å². The van der Waals surface area contributed by atoms with Crippen LogP contribution in [0.15, 0.2) is 97.1 Å². The number of aliphatic hydroxyl groups is 1. The molecule has 0 aromatic heterocycles. The minimum Gasteiger partial charge on any atom is -0.496 e. The van der Waals surface area contributed by atoms with E-state index in [0.29, 0.717) is 5.88 Å². The number of methoxy groups -OCH3 is 2. The summed E-state index contributed by atoms with van der Waals surface area (Å²) in [6.07, 6.45) is 0. The molecule has 4 heteroatoms. The molecule has 32 heavy (non-hydrogen) atoms. The SMILES string of the molecule is COc1cc(CCl)ccc1-c1ccccc1.COc1cc(CO)ccc1-c1ccccc1. The first-order valence-corrected chi connectivity index (χ1v) is 10.8. The Morgan fingerprint density at radius 3 is 1.47 bits per heavy atom. The van der Waals surface area contributed by atoms with E-state index >= 15 is 0 Å². The minimum atomic E-state index is 0.0332. The maximum absolute atomic E-state index is 9.06. The molecule has 0 bridgehead atoms. The maximum atomic E-state index is 9.06. The molecule has 0 aliphatic rings. The highest BCUT2D eigenvalue weighted by atomic mass is 35.5. The molecule has 0 heterocycles. The van der Waals surface area contributed by atoms with Gasteiger partial charge in [0, 0.05) is 17.0 Å². The molecule has 0 aliphatic carbocycles. The van der Waals surface area contributed by atoms with Crippen LogP contribution in [-0.4, -0.2) is 19.3 Å². The van der Waals surface area contributed by atoms with E-state index < -0.39 is 0 Å². The van der Waals surface area contributed by atoms with Gasteiger partial charge in [-0.15, -0.1) is 11.6 Å². The second-order valence-electron chi connectivity index (χ2n) is 7.09. The van der Waals surface area contributed by atoms with Gasteiger partial charge >= 0.3 is 0 Å². The predicted octanol–water partition coefficient (Wildman–Crippen LogP) is 6.96. The summed E-state index contributed by atoms with van der Waals surface area (Å²) in [7, 11) is 3.32. The zero-order chi connectivity index (χ0) is 22.8. The number of aliphatic hydroxyl groups excluding tert-OH is 1. The third-order valence-corrected chi connectivity index (χ3v) is 5.35. The first-order valence-electron chi connectivity index (χ1n) is 10.3. The zero-order valence-corrected chi connectivity index (χ0v) is 19.0. The average Bonchev–Trinajstić information content (AvgIpc) is 2.89. The topological polar surface area (TPSA) is 38.7 Å². The smallest absolute Gasteiger partial charge is 0.127 e. The summed E-state index contributed by atoms with van der Waals surface area (Å²) in [5.41, 5.74) is 6.33. The lowest BCUT2D eigenvalue weighted by Crippen LogP contribution is -1.91. The largest absolute Gasteiger partial charge is 0.496 e. The maximum Gasteiger partial charge on any atom is 0.127 e. The van der Waals surface area contributed by atoms with Gasteiger partial charge in [0.15, 0.2) is 0 Å². The van der Waals surface area contributed by atoms with Gasteiger partial charge in [-0.25, -0.2) is 0 Å². The number of rotatable bonds is 6. The molecular formula is C28H27ClO3. The fourth-order valence-electron chi connectivity index (χ4n) is 3.37. The van der Waals surface area contributed by atoms with E-state index in [4.69, 9.17) is 26.2 Å². The molecule has 0 saturated heterocycles. The molecule has 4 rings (SSSR count). The molecular weight excluding hydrogens is 420 g/mol. The van der Waals surface area contributed by atoms with Crippen LogP contribution in [0, 0.1) is 0 Å². The molecule has 0 radical (unpaired) electrons. The predicted molar refractivity (Wildman–Crippen MR) is 132 cm³/mol. The fraction of sp³-hybridized carbons (Fsp3) is 0.143. The van der Waals surface area contributed by atoms with Crippen molar-refractivity contribution in [3.8, 4) is 33.8 Å². The van der Waals surface area contributed by atoms with Gasteiger partial charge in [-0.05, 0) is 34.4 Å². The van der Waals surface area contributed by atoms with Crippen molar-refractivity contribution in [2.24, 2.45) is 0 Å². The second kappa shape index (κ2) is 11.9. The quantitative estimate of drug-likeness (QED) is 0.325. The van der Waals surface area contributed by atoms with Crippen LogP contribution in [0.1, 0.15) is 11.1 Å². The number of alkyl halides is 1. The van der Waals surface area contributed by atoms with E-state index in [1.165, 1.54) is 0 Å². The first-order chi connectivity index (χ1) is 15.7. The van der Waals surface area contributed by atoms with Crippen LogP contribution in [-0.2, 0) is 12.5 Å². The summed E-state index contributed by atoms with van der Waals surface area (Å²) in [6.45, 7) is 0.0332. The van der Waals surface area contributed by atoms with E-state index in [1.54, 1.807) is 14.2 Å². The Morgan fingerprint density at radius 2 is 1.06 bits per heavy atom. The molecule has 0 atom stereocenters. The summed E-state index contributed by atoms with van der Waals surface area (Å²) in [5, 5.41) is 9.06. The molecule has 0 fully saturated rings. The Hall–Kier alpha value is -3.27. The number of hydrogen-bond donors (Lipinski definition) is 1. The standard InChI is InChI=1S/C14H13ClO.C14H14O2/c2*1-16-14-9-11(10-15)7-8-13(14)12-5-3-2-4-6-12/h2-9H,10H2,1H3;2-9,15H,10H2,1H3. The first kappa shape index (κ1) is 23.4. The molecule has 0 saturated carbocycles. The van der Waals surface area contributed by atoms with Gasteiger partial charge in [-0.2, -0.15) is 0 Å². The lowest BCUT2D eigenvalue weighted by molar-refractivity contribution is 0.281. The van der Waals surface area contributed by atoms with E-state index in [9.17, 15) is 0 Å². The Balaban J connectivity index is 0.000000181. The van der Waals surface area contributed by atoms with Gasteiger partial charge in [0.2, 0.25) is 0 Å². The summed E-state index contributed by atoms with van der Waals surface area (Å²) >= 11 is 5.80. The highest BCUT2D eigenvalue weighted by Crippen LogP contribution is 2.31. The van der Waals surface area contributed by atoms with Gasteiger partial charge < -0.3 is 14.6 Å². The Morgan fingerprint density at radius 1 is 0.625 bits per heavy atom. The summed E-state index contributed by atoms with van der Waals surface area (Å²) in [6, 6.07) is 32.0. The average molecular weight is 447 g/mol. The van der Waals surface area contributed by atoms with Crippen LogP contribution in [0.4, 0.5) is 0 Å². The van der Waals surface area contributed by atoms with Crippen LogP contribution >= 0.6 is 11.6 Å². The lowest BCUT2D eigenvalue weighted by atomic mass is 10.0. The Labute approximate surface area is 194 Å². The second-order valence-corrected chi connectivity index (χ2v) is 7.36. The summed E-state index contributed by atoms with van der Waals surface area (Å²) in [5.74, 6) is 2.16. The van der Waals surface area contributed by atoms with Crippen molar-refractivity contribution in [1.29, 1.82) is 0 Å². The number of hydrogen-bond acceptors (Lipinski definition) is 3. The monoisotopic (exact) mass is 446 g/mol. The van der Waals surface area contributed by atoms with Gasteiger partial charge in [0.1, 0.15) is 11.5 Å². The lowest BCUT2D eigenvalue weighted by Gasteiger charge is -2.09. The van der Waals surface area contributed by atoms with Crippen molar-refractivity contribution in [2.45, 2.75) is 12.5 Å². The molecule has 0 unspecified atom stereocenters. The highest BCUT2D eigenvalue weighted by Gasteiger charge is 2.07. The number of halogens is 1. The van der Waals surface area contributed by atoms with Crippen molar-refractivity contribution < 1.29 is 14.6 Å². The van der Waals surface area contributed by atoms with Crippen molar-refractivity contribution >= 4 is 11.6 Å². The van der Waals surface area contributed by atoms with Crippen molar-refractivity contribution in [3.63, 3.8) is 0 Å². The zero-order valence-electron chi connectivity index (χ0n) is 18.3. The van der Waals surface area contributed by atoms with E-state index in [-0.39, 0.29) is 6.61 Å². The molecule has 0 spiro atoms. The van der Waals surface area contributed by atoms with Crippen LogP contribution in [0.3, 0.4) is 0 Å². The number of benzene rings is 4. The molecule has 0 amide bonds. The van der Waals surface area contributed by atoms with Crippen molar-refractivity contribution in [3.05, 3.63) is 108 Å². The van der Waals surface area contributed by atoms with Crippen LogP contribution in [0.2, 0.25) is 0 Å². The molecule has 4 aromatic carbocycles. The van der Waals surface area contributed by atoms with Crippen LogP contribution < -0.4 is 9.47 Å². The summed E-state index contributed by atoms with van der Waals surface area (Å²) in [4.78, 5) is 0. The molecule has 164 valence electrons. The van der Waals surface area contributed by atoms with E-state index in [0.717, 1.165) is 44.9 Å². The van der Waals surface area contributed by atoms with Gasteiger partial charge in [0.25, 0.3) is 0 Å². The highest BCUT2D eigenvalue weighted by molar-refractivity contribution is 6.17. The van der Waals surface area contributed by atoms with Gasteiger partial charge in [-0.1, -0.05) is 84.9 Å². The Kier molecular flexibility index (Phi) is 8.73. The van der Waals surface area contributed by atoms with Crippen molar-refractivity contribution in [2.75, 3.05) is 14.2 Å². The number of ether oxygens (including phenoxy) is 2.